The Bertz CT molecular complexity index is 564. The lowest BCUT2D eigenvalue weighted by Gasteiger charge is -2.28. The van der Waals surface area contributed by atoms with Crippen molar-refractivity contribution in [3.8, 4) is 0 Å². The van der Waals surface area contributed by atoms with Crippen molar-refractivity contribution >= 4 is 23.2 Å². The lowest BCUT2D eigenvalue weighted by Crippen LogP contribution is -2.47. The number of hydrogen-bond acceptors (Lipinski definition) is 5. The number of ether oxygens (including phenoxy) is 1. The van der Waals surface area contributed by atoms with Crippen molar-refractivity contribution in [2.45, 2.75) is 31.1 Å². The van der Waals surface area contributed by atoms with Crippen molar-refractivity contribution in [2.75, 3.05) is 45.9 Å². The van der Waals surface area contributed by atoms with Crippen LogP contribution in [0.4, 0.5) is 0 Å². The Balaban J connectivity index is 1.42. The van der Waals surface area contributed by atoms with Crippen molar-refractivity contribution in [3.05, 3.63) is 22.4 Å². The first-order chi connectivity index (χ1) is 12.2. The third-order valence-corrected chi connectivity index (χ3v) is 6.33. The zero-order chi connectivity index (χ0) is 17.5. The third-order valence-electron chi connectivity index (χ3n) is 5.22. The van der Waals surface area contributed by atoms with E-state index in [0.717, 1.165) is 45.7 Å². The normalized spacial score (nSPS) is 20.3. The molecular weight excluding hydrogens is 338 g/mol. The highest BCUT2D eigenvalue weighted by atomic mass is 32.1. The highest BCUT2D eigenvalue weighted by molar-refractivity contribution is 7.10. The van der Waals surface area contributed by atoms with Crippen LogP contribution in [0.3, 0.4) is 0 Å². The summed E-state index contributed by atoms with van der Waals surface area (Å²) in [6.07, 6.45) is 4.51. The topological polar surface area (TPSA) is 70.7 Å². The number of carbonyl (C=O) groups excluding carboxylic acids is 2. The smallest absolute Gasteiger partial charge is 0.309 e. The van der Waals surface area contributed by atoms with Gasteiger partial charge in [0.1, 0.15) is 0 Å². The molecule has 0 bridgehead atoms. The molecule has 1 saturated carbocycles. The first-order valence-corrected chi connectivity index (χ1v) is 9.98. The summed E-state index contributed by atoms with van der Waals surface area (Å²) < 4.78 is 5.29. The molecule has 1 aromatic heterocycles. The van der Waals surface area contributed by atoms with E-state index in [9.17, 15) is 9.59 Å². The van der Waals surface area contributed by atoms with Gasteiger partial charge in [-0.2, -0.15) is 0 Å². The molecule has 1 aliphatic heterocycles. The lowest BCUT2D eigenvalue weighted by atomic mass is 9.84. The lowest BCUT2D eigenvalue weighted by molar-refractivity contribution is -0.139. The van der Waals surface area contributed by atoms with Crippen LogP contribution in [-0.2, 0) is 19.7 Å². The standard InChI is InChI=1S/C18H27N3O3S/c22-16(19-7-8-21-9-11-24-12-10-21)17(23)20-14-18(5-1-2-6-18)15-4-3-13-25-15/h3-4,13H,1-2,5-12,14H2,(H,19,22)(H,20,23). The molecule has 0 aromatic carbocycles. The van der Waals surface area contributed by atoms with Crippen LogP contribution in [0, 0.1) is 0 Å². The number of nitrogens with zero attached hydrogens (tertiary/aromatic N) is 1. The predicted molar refractivity (Wildman–Crippen MR) is 97.7 cm³/mol. The molecule has 0 radical (unpaired) electrons. The zero-order valence-corrected chi connectivity index (χ0v) is 15.4. The highest BCUT2D eigenvalue weighted by Gasteiger charge is 2.37. The van der Waals surface area contributed by atoms with Crippen LogP contribution in [0.25, 0.3) is 0 Å². The molecule has 0 spiro atoms. The Morgan fingerprint density at radius 1 is 1.16 bits per heavy atom. The van der Waals surface area contributed by atoms with E-state index in [4.69, 9.17) is 4.74 Å². The number of thiophene rings is 1. The van der Waals surface area contributed by atoms with Gasteiger partial charge in [-0.1, -0.05) is 18.9 Å². The van der Waals surface area contributed by atoms with Crippen molar-refractivity contribution in [3.63, 3.8) is 0 Å². The largest absolute Gasteiger partial charge is 0.379 e. The van der Waals surface area contributed by atoms with Gasteiger partial charge in [-0.05, 0) is 24.3 Å². The third kappa shape index (κ3) is 4.80. The molecule has 1 saturated heterocycles. The molecule has 0 unspecified atom stereocenters. The van der Waals surface area contributed by atoms with Gasteiger partial charge in [0, 0.05) is 43.0 Å². The summed E-state index contributed by atoms with van der Waals surface area (Å²) in [6.45, 7) is 5.02. The summed E-state index contributed by atoms with van der Waals surface area (Å²) in [7, 11) is 0. The van der Waals surface area contributed by atoms with E-state index in [1.54, 1.807) is 11.3 Å². The fraction of sp³-hybridized carbons (Fsp3) is 0.667. The van der Waals surface area contributed by atoms with Gasteiger partial charge in [-0.3, -0.25) is 14.5 Å². The van der Waals surface area contributed by atoms with E-state index in [2.05, 4.69) is 33.0 Å². The van der Waals surface area contributed by atoms with E-state index >= 15 is 0 Å². The Labute approximate surface area is 152 Å². The van der Waals surface area contributed by atoms with Crippen LogP contribution in [0.2, 0.25) is 0 Å². The fourth-order valence-electron chi connectivity index (χ4n) is 3.70. The SMILES string of the molecule is O=C(NCCN1CCOCC1)C(=O)NCC1(c2cccs2)CCCC1. The second kappa shape index (κ2) is 8.78. The zero-order valence-electron chi connectivity index (χ0n) is 14.6. The Morgan fingerprint density at radius 3 is 2.56 bits per heavy atom. The van der Waals surface area contributed by atoms with Gasteiger partial charge in [-0.25, -0.2) is 0 Å². The quantitative estimate of drug-likeness (QED) is 0.742. The van der Waals surface area contributed by atoms with E-state index < -0.39 is 11.8 Å². The second-order valence-electron chi connectivity index (χ2n) is 6.86. The molecule has 138 valence electrons. The Kier molecular flexibility index (Phi) is 6.45. The first-order valence-electron chi connectivity index (χ1n) is 9.10. The number of hydrogen-bond donors (Lipinski definition) is 2. The average molecular weight is 365 g/mol. The fourth-order valence-corrected chi connectivity index (χ4v) is 4.69. The van der Waals surface area contributed by atoms with Crippen molar-refractivity contribution in [2.24, 2.45) is 0 Å². The predicted octanol–water partition coefficient (Wildman–Crippen LogP) is 1.12. The molecule has 6 nitrogen and oxygen atoms in total. The van der Waals surface area contributed by atoms with Gasteiger partial charge in [-0.15, -0.1) is 11.3 Å². The molecule has 2 fully saturated rings. The maximum atomic E-state index is 12.1. The second-order valence-corrected chi connectivity index (χ2v) is 7.81. The van der Waals surface area contributed by atoms with Crippen LogP contribution in [0.1, 0.15) is 30.6 Å². The van der Waals surface area contributed by atoms with Crippen molar-refractivity contribution < 1.29 is 14.3 Å². The molecule has 1 aromatic rings. The van der Waals surface area contributed by atoms with Crippen molar-refractivity contribution in [1.82, 2.24) is 15.5 Å². The molecule has 7 heteroatoms. The molecule has 1 aliphatic carbocycles. The minimum atomic E-state index is -0.535. The van der Waals surface area contributed by atoms with Gasteiger partial charge in [0.15, 0.2) is 0 Å². The maximum Gasteiger partial charge on any atom is 0.309 e. The number of morpholine rings is 1. The van der Waals surface area contributed by atoms with E-state index in [-0.39, 0.29) is 5.41 Å². The first kappa shape index (κ1) is 18.4. The molecule has 2 aliphatic rings. The number of rotatable bonds is 6. The summed E-state index contributed by atoms with van der Waals surface area (Å²) in [5.41, 5.74) is 0.0118. The molecule has 2 amide bonds. The average Bonchev–Trinajstić information content (AvgIpc) is 3.33. The van der Waals surface area contributed by atoms with Crippen LogP contribution >= 0.6 is 11.3 Å². The molecule has 0 atom stereocenters. The van der Waals surface area contributed by atoms with Gasteiger partial charge < -0.3 is 15.4 Å². The summed E-state index contributed by atoms with van der Waals surface area (Å²) in [5.74, 6) is -1.06. The summed E-state index contributed by atoms with van der Waals surface area (Å²) in [4.78, 5) is 27.7. The van der Waals surface area contributed by atoms with Crippen LogP contribution < -0.4 is 10.6 Å². The highest BCUT2D eigenvalue weighted by Crippen LogP contribution is 2.42. The monoisotopic (exact) mass is 365 g/mol. The molecule has 2 heterocycles. The van der Waals surface area contributed by atoms with Crippen LogP contribution in [-0.4, -0.2) is 62.7 Å². The van der Waals surface area contributed by atoms with E-state index in [1.165, 1.54) is 17.7 Å². The Morgan fingerprint density at radius 2 is 1.88 bits per heavy atom. The van der Waals surface area contributed by atoms with Gasteiger partial charge in [0.05, 0.1) is 13.2 Å². The molecule has 25 heavy (non-hydrogen) atoms. The number of amides is 2. The minimum Gasteiger partial charge on any atom is -0.379 e. The maximum absolute atomic E-state index is 12.1. The summed E-state index contributed by atoms with van der Waals surface area (Å²) in [5, 5.41) is 7.66. The Hall–Kier alpha value is -1.44. The van der Waals surface area contributed by atoms with Gasteiger partial charge in [0.2, 0.25) is 0 Å². The van der Waals surface area contributed by atoms with Crippen LogP contribution in [0.5, 0.6) is 0 Å². The molecular formula is C18H27N3O3S. The molecule has 2 N–H and O–H groups in total. The number of nitrogens with one attached hydrogen (secondary N) is 2. The number of carbonyl (C=O) groups is 2. The summed E-state index contributed by atoms with van der Waals surface area (Å²) >= 11 is 1.74. The van der Waals surface area contributed by atoms with Gasteiger partial charge in [0.25, 0.3) is 0 Å². The minimum absolute atomic E-state index is 0.0118. The van der Waals surface area contributed by atoms with Gasteiger partial charge >= 0.3 is 11.8 Å². The van der Waals surface area contributed by atoms with Crippen molar-refractivity contribution in [1.29, 1.82) is 0 Å². The van der Waals surface area contributed by atoms with Crippen LogP contribution in [0.15, 0.2) is 17.5 Å². The van der Waals surface area contributed by atoms with E-state index in [0.29, 0.717) is 13.1 Å². The van der Waals surface area contributed by atoms with E-state index in [1.807, 2.05) is 0 Å². The molecule has 3 rings (SSSR count). The summed E-state index contributed by atoms with van der Waals surface area (Å²) in [6, 6.07) is 4.20.